The van der Waals surface area contributed by atoms with Crippen molar-refractivity contribution in [2.75, 3.05) is 19.8 Å². The molecule has 0 aliphatic carbocycles. The summed E-state index contributed by atoms with van der Waals surface area (Å²) in [6.07, 6.45) is 21.9. The Bertz CT molecular complexity index is 518. The Labute approximate surface area is 193 Å². The second-order valence-electron chi connectivity index (χ2n) is 8.97. The zero-order valence-corrected chi connectivity index (χ0v) is 20.8. The molecule has 0 atom stereocenters. The van der Waals surface area contributed by atoms with Gasteiger partial charge in [-0.05, 0) is 43.5 Å². The lowest BCUT2D eigenvalue weighted by molar-refractivity contribution is 0.258. The van der Waals surface area contributed by atoms with Crippen molar-refractivity contribution in [2.45, 2.75) is 123 Å². The van der Waals surface area contributed by atoms with E-state index in [1.165, 1.54) is 95.5 Å². The van der Waals surface area contributed by atoms with Crippen LogP contribution >= 0.6 is 0 Å². The van der Waals surface area contributed by atoms with Crippen molar-refractivity contribution >= 4 is 0 Å². The van der Waals surface area contributed by atoms with Crippen molar-refractivity contribution in [3.05, 3.63) is 23.8 Å². The molecule has 180 valence electrons. The normalized spacial score (nSPS) is 11.1. The van der Waals surface area contributed by atoms with Crippen molar-refractivity contribution in [2.24, 2.45) is 5.73 Å². The first-order chi connectivity index (χ1) is 15.3. The van der Waals surface area contributed by atoms with E-state index >= 15 is 0 Å². The largest absolute Gasteiger partial charge is 0.490 e. The topological polar surface area (TPSA) is 44.5 Å². The summed E-state index contributed by atoms with van der Waals surface area (Å²) >= 11 is 0. The third kappa shape index (κ3) is 15.3. The lowest BCUT2D eigenvalue weighted by atomic mass is 10.1. The van der Waals surface area contributed by atoms with E-state index in [9.17, 15) is 0 Å². The highest BCUT2D eigenvalue weighted by molar-refractivity contribution is 5.43. The molecule has 0 heterocycles. The monoisotopic (exact) mass is 433 g/mol. The van der Waals surface area contributed by atoms with Crippen LogP contribution in [0.4, 0.5) is 0 Å². The standard InChI is InChI=1S/C28H51NO2/c1-3-5-7-9-11-13-15-17-23-30-27-20-19-26(21-22-29)25-28(27)31-24-18-16-14-12-10-8-6-4-2/h19-20,25H,3-18,21-24,29H2,1-2H3. The lowest BCUT2D eigenvalue weighted by Gasteiger charge is -2.14. The third-order valence-electron chi connectivity index (χ3n) is 5.95. The summed E-state index contributed by atoms with van der Waals surface area (Å²) in [7, 11) is 0. The van der Waals surface area contributed by atoms with Gasteiger partial charge in [-0.3, -0.25) is 0 Å². The van der Waals surface area contributed by atoms with Gasteiger partial charge in [-0.2, -0.15) is 0 Å². The molecule has 3 heteroatoms. The summed E-state index contributed by atoms with van der Waals surface area (Å²) in [5.74, 6) is 1.79. The molecule has 0 radical (unpaired) electrons. The molecule has 1 aromatic rings. The minimum Gasteiger partial charge on any atom is -0.490 e. The molecule has 0 amide bonds. The van der Waals surface area contributed by atoms with E-state index in [-0.39, 0.29) is 0 Å². The molecule has 0 unspecified atom stereocenters. The second-order valence-corrected chi connectivity index (χ2v) is 8.97. The van der Waals surface area contributed by atoms with Gasteiger partial charge in [0.25, 0.3) is 0 Å². The predicted octanol–water partition coefficient (Wildman–Crippen LogP) is 8.23. The van der Waals surface area contributed by atoms with Gasteiger partial charge in [-0.1, -0.05) is 110 Å². The number of nitrogens with two attached hydrogens (primary N) is 1. The van der Waals surface area contributed by atoms with E-state index in [4.69, 9.17) is 15.2 Å². The van der Waals surface area contributed by atoms with Crippen LogP contribution in [0.25, 0.3) is 0 Å². The van der Waals surface area contributed by atoms with E-state index in [1.54, 1.807) is 0 Å². The number of unbranched alkanes of at least 4 members (excludes halogenated alkanes) is 14. The maximum absolute atomic E-state index is 6.14. The van der Waals surface area contributed by atoms with Gasteiger partial charge in [0.2, 0.25) is 0 Å². The van der Waals surface area contributed by atoms with Gasteiger partial charge in [-0.25, -0.2) is 0 Å². The quantitative estimate of drug-likeness (QED) is 0.187. The molecule has 0 aromatic heterocycles. The molecular weight excluding hydrogens is 382 g/mol. The Kier molecular flexibility index (Phi) is 18.5. The van der Waals surface area contributed by atoms with Crippen molar-refractivity contribution in [1.29, 1.82) is 0 Å². The molecule has 1 rings (SSSR count). The molecule has 0 saturated carbocycles. The van der Waals surface area contributed by atoms with Crippen LogP contribution in [0.1, 0.15) is 122 Å². The SMILES string of the molecule is CCCCCCCCCCOc1ccc(CCN)cc1OCCCCCCCCCC. The summed E-state index contributed by atoms with van der Waals surface area (Å²) in [5.41, 5.74) is 6.97. The van der Waals surface area contributed by atoms with Crippen LogP contribution in [0.15, 0.2) is 18.2 Å². The fourth-order valence-corrected chi connectivity index (χ4v) is 3.94. The Morgan fingerprint density at radius 3 is 1.52 bits per heavy atom. The summed E-state index contributed by atoms with van der Waals surface area (Å²) in [6, 6.07) is 6.32. The highest BCUT2D eigenvalue weighted by Crippen LogP contribution is 2.29. The average molecular weight is 434 g/mol. The lowest BCUT2D eigenvalue weighted by Crippen LogP contribution is -2.06. The van der Waals surface area contributed by atoms with Crippen LogP contribution in [0, 0.1) is 0 Å². The Hall–Kier alpha value is -1.22. The first kappa shape index (κ1) is 27.8. The van der Waals surface area contributed by atoms with Crippen LogP contribution in [0.3, 0.4) is 0 Å². The first-order valence-corrected chi connectivity index (χ1v) is 13.4. The molecule has 0 fully saturated rings. The van der Waals surface area contributed by atoms with E-state index in [2.05, 4.69) is 32.0 Å². The van der Waals surface area contributed by atoms with Crippen molar-refractivity contribution < 1.29 is 9.47 Å². The minimum absolute atomic E-state index is 0.663. The molecule has 0 bridgehead atoms. The van der Waals surface area contributed by atoms with Crippen LogP contribution in [-0.4, -0.2) is 19.8 Å². The highest BCUT2D eigenvalue weighted by Gasteiger charge is 2.07. The van der Waals surface area contributed by atoms with Gasteiger partial charge < -0.3 is 15.2 Å². The van der Waals surface area contributed by atoms with Crippen molar-refractivity contribution in [3.8, 4) is 11.5 Å². The fourth-order valence-electron chi connectivity index (χ4n) is 3.94. The van der Waals surface area contributed by atoms with Crippen LogP contribution < -0.4 is 15.2 Å². The third-order valence-corrected chi connectivity index (χ3v) is 5.95. The number of benzene rings is 1. The van der Waals surface area contributed by atoms with Crippen LogP contribution in [-0.2, 0) is 6.42 Å². The zero-order valence-electron chi connectivity index (χ0n) is 20.8. The maximum Gasteiger partial charge on any atom is 0.161 e. The predicted molar refractivity (Wildman–Crippen MR) is 135 cm³/mol. The summed E-state index contributed by atoms with van der Waals surface area (Å²) in [5, 5.41) is 0. The number of ether oxygens (including phenoxy) is 2. The first-order valence-electron chi connectivity index (χ1n) is 13.4. The molecule has 0 saturated heterocycles. The summed E-state index contributed by atoms with van der Waals surface area (Å²) in [6.45, 7) is 6.76. The van der Waals surface area contributed by atoms with E-state index in [0.717, 1.165) is 44.0 Å². The van der Waals surface area contributed by atoms with Gasteiger partial charge >= 0.3 is 0 Å². The highest BCUT2D eigenvalue weighted by atomic mass is 16.5. The second kappa shape index (κ2) is 20.7. The Morgan fingerprint density at radius 2 is 1.03 bits per heavy atom. The molecule has 0 aliphatic heterocycles. The van der Waals surface area contributed by atoms with Crippen LogP contribution in [0.2, 0.25) is 0 Å². The fraction of sp³-hybridized carbons (Fsp3) is 0.786. The summed E-state index contributed by atoms with van der Waals surface area (Å²) in [4.78, 5) is 0. The smallest absolute Gasteiger partial charge is 0.161 e. The van der Waals surface area contributed by atoms with Gasteiger partial charge in [-0.15, -0.1) is 0 Å². The van der Waals surface area contributed by atoms with E-state index in [0.29, 0.717) is 6.54 Å². The molecule has 31 heavy (non-hydrogen) atoms. The van der Waals surface area contributed by atoms with E-state index in [1.807, 2.05) is 0 Å². The van der Waals surface area contributed by atoms with Gasteiger partial charge in [0, 0.05) is 0 Å². The van der Waals surface area contributed by atoms with Gasteiger partial charge in [0.05, 0.1) is 13.2 Å². The molecular formula is C28H51NO2. The molecule has 1 aromatic carbocycles. The van der Waals surface area contributed by atoms with E-state index < -0.39 is 0 Å². The Balaban J connectivity index is 2.27. The average Bonchev–Trinajstić information content (AvgIpc) is 2.78. The number of rotatable bonds is 22. The zero-order chi connectivity index (χ0) is 22.4. The number of hydrogen-bond donors (Lipinski definition) is 1. The minimum atomic E-state index is 0.663. The van der Waals surface area contributed by atoms with Crippen molar-refractivity contribution in [3.63, 3.8) is 0 Å². The number of hydrogen-bond acceptors (Lipinski definition) is 3. The Morgan fingerprint density at radius 1 is 0.581 bits per heavy atom. The molecule has 2 N–H and O–H groups in total. The van der Waals surface area contributed by atoms with Gasteiger partial charge in [0.15, 0.2) is 11.5 Å². The molecule has 0 aliphatic rings. The van der Waals surface area contributed by atoms with Crippen molar-refractivity contribution in [1.82, 2.24) is 0 Å². The maximum atomic E-state index is 6.14. The summed E-state index contributed by atoms with van der Waals surface area (Å²) < 4.78 is 12.2. The van der Waals surface area contributed by atoms with Gasteiger partial charge in [0.1, 0.15) is 0 Å². The molecule has 0 spiro atoms. The van der Waals surface area contributed by atoms with Crippen LogP contribution in [0.5, 0.6) is 11.5 Å². The molecule has 3 nitrogen and oxygen atoms in total.